The van der Waals surface area contributed by atoms with Crippen molar-refractivity contribution < 1.29 is 14.0 Å². The van der Waals surface area contributed by atoms with Crippen LogP contribution in [0.1, 0.15) is 40.0 Å². The van der Waals surface area contributed by atoms with E-state index in [2.05, 4.69) is 20.8 Å². The SMILES string of the molecule is CCCC(=O)N[C@H](C(=O)Nc1nnc(-c2ccc(F)cc2)s1)[C@@H](C)CC. The number of halogens is 1. The molecular formula is C18H23FN4O2S. The van der Waals surface area contributed by atoms with Crippen molar-refractivity contribution in [1.29, 1.82) is 0 Å². The summed E-state index contributed by atoms with van der Waals surface area (Å²) < 4.78 is 13.0. The Morgan fingerprint density at radius 1 is 1.19 bits per heavy atom. The van der Waals surface area contributed by atoms with Gasteiger partial charge in [-0.2, -0.15) is 0 Å². The Balaban J connectivity index is 2.08. The highest BCUT2D eigenvalue weighted by Crippen LogP contribution is 2.26. The molecule has 2 aromatic rings. The molecule has 1 heterocycles. The lowest BCUT2D eigenvalue weighted by Gasteiger charge is -2.22. The predicted octanol–water partition coefficient (Wildman–Crippen LogP) is 3.61. The number of rotatable bonds is 8. The highest BCUT2D eigenvalue weighted by molar-refractivity contribution is 7.18. The lowest BCUT2D eigenvalue weighted by Crippen LogP contribution is -2.47. The molecule has 0 saturated heterocycles. The highest BCUT2D eigenvalue weighted by Gasteiger charge is 2.26. The first-order valence-electron chi connectivity index (χ1n) is 8.64. The smallest absolute Gasteiger partial charge is 0.249 e. The summed E-state index contributed by atoms with van der Waals surface area (Å²) in [7, 11) is 0. The third-order valence-corrected chi connectivity index (χ3v) is 4.92. The zero-order chi connectivity index (χ0) is 19.1. The molecule has 8 heteroatoms. The van der Waals surface area contributed by atoms with E-state index >= 15 is 0 Å². The van der Waals surface area contributed by atoms with Crippen LogP contribution in [0.2, 0.25) is 0 Å². The van der Waals surface area contributed by atoms with Gasteiger partial charge in [-0.25, -0.2) is 4.39 Å². The maximum Gasteiger partial charge on any atom is 0.249 e. The number of hydrogen-bond acceptors (Lipinski definition) is 5. The molecule has 0 unspecified atom stereocenters. The molecule has 1 aromatic heterocycles. The van der Waals surface area contributed by atoms with Gasteiger partial charge in [0.25, 0.3) is 0 Å². The van der Waals surface area contributed by atoms with E-state index in [9.17, 15) is 14.0 Å². The first-order chi connectivity index (χ1) is 12.4. The second-order valence-electron chi connectivity index (χ2n) is 6.09. The van der Waals surface area contributed by atoms with Crippen molar-refractivity contribution in [1.82, 2.24) is 15.5 Å². The minimum atomic E-state index is -0.628. The molecule has 0 aliphatic carbocycles. The Kier molecular flexibility index (Phi) is 7.20. The monoisotopic (exact) mass is 378 g/mol. The number of hydrogen-bond donors (Lipinski definition) is 2. The molecule has 6 nitrogen and oxygen atoms in total. The zero-order valence-electron chi connectivity index (χ0n) is 15.1. The fraction of sp³-hybridized carbons (Fsp3) is 0.444. The Morgan fingerprint density at radius 2 is 1.88 bits per heavy atom. The molecule has 2 amide bonds. The molecule has 0 saturated carbocycles. The van der Waals surface area contributed by atoms with Gasteiger partial charge in [0.2, 0.25) is 16.9 Å². The van der Waals surface area contributed by atoms with Crippen molar-refractivity contribution in [3.05, 3.63) is 30.1 Å². The fourth-order valence-electron chi connectivity index (χ4n) is 2.34. The van der Waals surface area contributed by atoms with E-state index in [0.29, 0.717) is 16.6 Å². The Labute approximate surface area is 156 Å². The minimum absolute atomic E-state index is 0.0136. The summed E-state index contributed by atoms with van der Waals surface area (Å²) in [6, 6.07) is 5.27. The van der Waals surface area contributed by atoms with Gasteiger partial charge in [-0.05, 0) is 36.6 Å². The molecule has 140 valence electrons. The Morgan fingerprint density at radius 3 is 2.50 bits per heavy atom. The first kappa shape index (κ1) is 20.0. The van der Waals surface area contributed by atoms with Crippen molar-refractivity contribution in [2.24, 2.45) is 5.92 Å². The quantitative estimate of drug-likeness (QED) is 0.735. The molecular weight excluding hydrogens is 355 g/mol. The third-order valence-electron chi connectivity index (χ3n) is 4.04. The van der Waals surface area contributed by atoms with Crippen LogP contribution in [-0.2, 0) is 9.59 Å². The fourth-order valence-corrected chi connectivity index (χ4v) is 3.09. The zero-order valence-corrected chi connectivity index (χ0v) is 15.9. The molecule has 0 aliphatic heterocycles. The second kappa shape index (κ2) is 9.38. The van der Waals surface area contributed by atoms with Crippen LogP contribution in [0.5, 0.6) is 0 Å². The number of carbonyl (C=O) groups excluding carboxylic acids is 2. The second-order valence-corrected chi connectivity index (χ2v) is 7.07. The Hall–Kier alpha value is -2.35. The van der Waals surface area contributed by atoms with Crippen molar-refractivity contribution in [2.45, 2.75) is 46.1 Å². The van der Waals surface area contributed by atoms with Gasteiger partial charge < -0.3 is 5.32 Å². The molecule has 26 heavy (non-hydrogen) atoms. The van der Waals surface area contributed by atoms with Crippen LogP contribution in [0.15, 0.2) is 24.3 Å². The number of aromatic nitrogens is 2. The van der Waals surface area contributed by atoms with E-state index in [1.807, 2.05) is 20.8 Å². The van der Waals surface area contributed by atoms with Gasteiger partial charge in [0, 0.05) is 12.0 Å². The van der Waals surface area contributed by atoms with Crippen LogP contribution in [0.3, 0.4) is 0 Å². The van der Waals surface area contributed by atoms with Crippen LogP contribution in [0, 0.1) is 11.7 Å². The lowest BCUT2D eigenvalue weighted by atomic mass is 9.98. The van der Waals surface area contributed by atoms with E-state index in [4.69, 9.17) is 0 Å². The van der Waals surface area contributed by atoms with Crippen LogP contribution in [0.25, 0.3) is 10.6 Å². The predicted molar refractivity (Wildman–Crippen MR) is 100 cm³/mol. The van der Waals surface area contributed by atoms with Crippen LogP contribution in [-0.4, -0.2) is 28.1 Å². The average Bonchev–Trinajstić information content (AvgIpc) is 3.08. The number of nitrogens with one attached hydrogen (secondary N) is 2. The summed E-state index contributed by atoms with van der Waals surface area (Å²) >= 11 is 1.20. The maximum atomic E-state index is 13.0. The number of nitrogens with zero attached hydrogens (tertiary/aromatic N) is 2. The molecule has 0 aliphatic rings. The number of anilines is 1. The van der Waals surface area contributed by atoms with Gasteiger partial charge in [-0.15, -0.1) is 10.2 Å². The summed E-state index contributed by atoms with van der Waals surface area (Å²) in [6.07, 6.45) is 1.85. The van der Waals surface area contributed by atoms with Crippen molar-refractivity contribution in [3.63, 3.8) is 0 Å². The lowest BCUT2D eigenvalue weighted by molar-refractivity contribution is -0.127. The van der Waals surface area contributed by atoms with Gasteiger partial charge in [0.05, 0.1) is 0 Å². The topological polar surface area (TPSA) is 84.0 Å². The van der Waals surface area contributed by atoms with Crippen molar-refractivity contribution >= 4 is 28.3 Å². The molecule has 2 atom stereocenters. The number of carbonyl (C=O) groups is 2. The molecule has 0 fully saturated rings. The van der Waals surface area contributed by atoms with Crippen LogP contribution >= 0.6 is 11.3 Å². The highest BCUT2D eigenvalue weighted by atomic mass is 32.1. The molecule has 2 rings (SSSR count). The van der Waals surface area contributed by atoms with Gasteiger partial charge in [-0.3, -0.25) is 14.9 Å². The molecule has 2 N–H and O–H groups in total. The summed E-state index contributed by atoms with van der Waals surface area (Å²) in [4.78, 5) is 24.5. The molecule has 0 radical (unpaired) electrons. The van der Waals surface area contributed by atoms with Gasteiger partial charge >= 0.3 is 0 Å². The summed E-state index contributed by atoms with van der Waals surface area (Å²) in [5.74, 6) is -0.797. The van der Waals surface area contributed by atoms with E-state index in [0.717, 1.165) is 18.4 Å². The Bertz CT molecular complexity index is 748. The van der Waals surface area contributed by atoms with E-state index < -0.39 is 6.04 Å². The average molecular weight is 378 g/mol. The van der Waals surface area contributed by atoms with Crippen LogP contribution < -0.4 is 10.6 Å². The van der Waals surface area contributed by atoms with Crippen molar-refractivity contribution in [3.8, 4) is 10.6 Å². The molecule has 1 aromatic carbocycles. The summed E-state index contributed by atoms with van der Waals surface area (Å²) in [6.45, 7) is 5.80. The summed E-state index contributed by atoms with van der Waals surface area (Å²) in [5, 5.41) is 14.4. The van der Waals surface area contributed by atoms with Gasteiger partial charge in [-0.1, -0.05) is 38.5 Å². The number of amides is 2. The van der Waals surface area contributed by atoms with E-state index in [-0.39, 0.29) is 23.5 Å². The van der Waals surface area contributed by atoms with E-state index in [1.165, 1.54) is 23.5 Å². The van der Waals surface area contributed by atoms with Gasteiger partial charge in [0.1, 0.15) is 16.9 Å². The normalized spacial score (nSPS) is 13.1. The van der Waals surface area contributed by atoms with Crippen molar-refractivity contribution in [2.75, 3.05) is 5.32 Å². The molecule has 0 spiro atoms. The third kappa shape index (κ3) is 5.32. The van der Waals surface area contributed by atoms with E-state index in [1.54, 1.807) is 12.1 Å². The van der Waals surface area contributed by atoms with Gasteiger partial charge in [0.15, 0.2) is 0 Å². The largest absolute Gasteiger partial charge is 0.344 e. The molecule has 0 bridgehead atoms. The van der Waals surface area contributed by atoms with Crippen LogP contribution in [0.4, 0.5) is 9.52 Å². The first-order valence-corrected chi connectivity index (χ1v) is 9.45. The standard InChI is InChI=1S/C18H23FN4O2S/c1-4-6-14(24)20-15(11(3)5-2)16(25)21-18-23-22-17(26-18)12-7-9-13(19)10-8-12/h7-11,15H,4-6H2,1-3H3,(H,20,24)(H,21,23,25)/t11-,15-/m0/s1. The minimum Gasteiger partial charge on any atom is -0.344 e. The summed E-state index contributed by atoms with van der Waals surface area (Å²) in [5.41, 5.74) is 0.721. The number of benzene rings is 1. The maximum absolute atomic E-state index is 13.0.